The lowest BCUT2D eigenvalue weighted by molar-refractivity contribution is -0.125. The molecule has 0 unspecified atom stereocenters. The molecule has 2 aromatic rings. The Bertz CT molecular complexity index is 1160. The Morgan fingerprint density at radius 2 is 1.94 bits per heavy atom. The summed E-state index contributed by atoms with van der Waals surface area (Å²) >= 11 is 0. The predicted octanol–water partition coefficient (Wildman–Crippen LogP) is 1.24. The summed E-state index contributed by atoms with van der Waals surface area (Å²) in [5.74, 6) is -0.635. The summed E-state index contributed by atoms with van der Waals surface area (Å²) in [4.78, 5) is 26.9. The number of carbonyl (C=O) groups excluding carboxylic acids is 2. The first kappa shape index (κ1) is 22.5. The number of hydrogen-bond acceptors (Lipinski definition) is 5. The SMILES string of the molecule is CNC(=O)[C@@H]1CCCN(S(=O)(=O)c2c(C)nn(CC(=O)N3CCc4ccccc43)c2C)C1. The minimum Gasteiger partial charge on any atom is -0.359 e. The van der Waals surface area contributed by atoms with Crippen LogP contribution in [0, 0.1) is 19.8 Å². The fourth-order valence-corrected chi connectivity index (χ4v) is 6.62. The number of rotatable bonds is 5. The Labute approximate surface area is 188 Å². The number of nitrogens with one attached hydrogen (secondary N) is 1. The van der Waals surface area contributed by atoms with Crippen molar-refractivity contribution in [1.82, 2.24) is 19.4 Å². The van der Waals surface area contributed by atoms with E-state index in [1.165, 1.54) is 8.99 Å². The number of sulfonamides is 1. The number of fused-ring (bicyclic) bond motifs is 1. The third kappa shape index (κ3) is 3.93. The van der Waals surface area contributed by atoms with Gasteiger partial charge >= 0.3 is 0 Å². The van der Waals surface area contributed by atoms with Crippen molar-refractivity contribution in [3.63, 3.8) is 0 Å². The molecule has 1 atom stereocenters. The van der Waals surface area contributed by atoms with Gasteiger partial charge in [-0.25, -0.2) is 8.42 Å². The van der Waals surface area contributed by atoms with Crippen molar-refractivity contribution < 1.29 is 18.0 Å². The van der Waals surface area contributed by atoms with E-state index in [1.807, 2.05) is 24.3 Å². The van der Waals surface area contributed by atoms with Crippen LogP contribution in [0.15, 0.2) is 29.2 Å². The summed E-state index contributed by atoms with van der Waals surface area (Å²) in [6.45, 7) is 4.41. The van der Waals surface area contributed by atoms with Crippen molar-refractivity contribution in [1.29, 1.82) is 0 Å². The second-order valence-electron chi connectivity index (χ2n) is 8.40. The first-order valence-electron chi connectivity index (χ1n) is 10.9. The number of aryl methyl sites for hydroxylation is 1. The summed E-state index contributed by atoms with van der Waals surface area (Å²) in [5.41, 5.74) is 2.83. The van der Waals surface area contributed by atoms with E-state index in [4.69, 9.17) is 0 Å². The quantitative estimate of drug-likeness (QED) is 0.724. The van der Waals surface area contributed by atoms with Crippen LogP contribution < -0.4 is 10.2 Å². The second kappa shape index (κ2) is 8.67. The number of aromatic nitrogens is 2. The Morgan fingerprint density at radius 3 is 2.69 bits per heavy atom. The fourth-order valence-electron chi connectivity index (χ4n) is 4.73. The summed E-state index contributed by atoms with van der Waals surface area (Å²) in [5, 5.41) is 7.00. The van der Waals surface area contributed by atoms with E-state index in [0.29, 0.717) is 37.3 Å². The summed E-state index contributed by atoms with van der Waals surface area (Å²) < 4.78 is 29.7. The van der Waals surface area contributed by atoms with E-state index in [1.54, 1.807) is 25.8 Å². The van der Waals surface area contributed by atoms with E-state index in [9.17, 15) is 18.0 Å². The topological polar surface area (TPSA) is 105 Å². The largest absolute Gasteiger partial charge is 0.359 e. The van der Waals surface area contributed by atoms with E-state index in [2.05, 4.69) is 10.4 Å². The van der Waals surface area contributed by atoms with Gasteiger partial charge in [-0.05, 0) is 44.7 Å². The number of carbonyl (C=O) groups is 2. The van der Waals surface area contributed by atoms with Gasteiger partial charge in [-0.15, -0.1) is 0 Å². The zero-order valence-electron chi connectivity index (χ0n) is 18.7. The average Bonchev–Trinajstić information content (AvgIpc) is 3.34. The Balaban J connectivity index is 1.56. The maximum absolute atomic E-state index is 13.4. The molecule has 2 aliphatic rings. The molecule has 0 spiro atoms. The van der Waals surface area contributed by atoms with Gasteiger partial charge in [0.25, 0.3) is 0 Å². The van der Waals surface area contributed by atoms with Crippen molar-refractivity contribution in [3.8, 4) is 0 Å². The lowest BCUT2D eigenvalue weighted by Gasteiger charge is -2.31. The Kier molecular flexibility index (Phi) is 6.09. The van der Waals surface area contributed by atoms with Gasteiger partial charge in [0.1, 0.15) is 11.4 Å². The molecule has 32 heavy (non-hydrogen) atoms. The molecule has 1 saturated heterocycles. The van der Waals surface area contributed by atoms with Gasteiger partial charge in [-0.3, -0.25) is 14.3 Å². The smallest absolute Gasteiger partial charge is 0.248 e. The first-order chi connectivity index (χ1) is 15.2. The van der Waals surface area contributed by atoms with Crippen LogP contribution >= 0.6 is 0 Å². The van der Waals surface area contributed by atoms with Gasteiger partial charge in [-0.1, -0.05) is 18.2 Å². The highest BCUT2D eigenvalue weighted by Crippen LogP contribution is 2.30. The number of piperidine rings is 1. The van der Waals surface area contributed by atoms with Crippen LogP contribution in [-0.4, -0.2) is 61.0 Å². The van der Waals surface area contributed by atoms with Crippen LogP contribution in [0.1, 0.15) is 29.8 Å². The summed E-state index contributed by atoms with van der Waals surface area (Å²) in [6.07, 6.45) is 2.09. The van der Waals surface area contributed by atoms with Crippen molar-refractivity contribution in [2.24, 2.45) is 5.92 Å². The maximum atomic E-state index is 13.4. The lowest BCUT2D eigenvalue weighted by atomic mass is 9.99. The molecule has 9 nitrogen and oxygen atoms in total. The van der Waals surface area contributed by atoms with Crippen LogP contribution in [0.5, 0.6) is 0 Å². The van der Waals surface area contributed by atoms with Gasteiger partial charge in [0.05, 0.1) is 17.3 Å². The second-order valence-corrected chi connectivity index (χ2v) is 10.3. The predicted molar refractivity (Wildman–Crippen MR) is 120 cm³/mol. The summed E-state index contributed by atoms with van der Waals surface area (Å²) in [7, 11) is -2.28. The molecule has 1 N–H and O–H groups in total. The number of hydrogen-bond donors (Lipinski definition) is 1. The molecule has 3 heterocycles. The standard InChI is InChI=1S/C22H29N5O4S/c1-15-21(32(30,31)25-11-6-8-18(13-25)22(29)23-3)16(2)27(24-15)14-20(28)26-12-10-17-7-4-5-9-19(17)26/h4-5,7,9,18H,6,8,10-14H2,1-3H3,(H,23,29)/t18-/m1/s1. The minimum atomic E-state index is -3.84. The average molecular weight is 460 g/mol. The molecule has 4 rings (SSSR count). The number of benzene rings is 1. The summed E-state index contributed by atoms with van der Waals surface area (Å²) in [6, 6.07) is 7.81. The van der Waals surface area contributed by atoms with Gasteiger partial charge in [-0.2, -0.15) is 9.40 Å². The van der Waals surface area contributed by atoms with Gasteiger partial charge < -0.3 is 10.2 Å². The van der Waals surface area contributed by atoms with E-state index in [0.717, 1.165) is 17.7 Å². The number of amides is 2. The normalized spacial score (nSPS) is 19.1. The molecule has 0 bridgehead atoms. The molecule has 2 aliphatic heterocycles. The van der Waals surface area contributed by atoms with Crippen LogP contribution in [0.3, 0.4) is 0 Å². The highest BCUT2D eigenvalue weighted by atomic mass is 32.2. The number of nitrogens with zero attached hydrogens (tertiary/aromatic N) is 4. The molecule has 1 aromatic heterocycles. The van der Waals surface area contributed by atoms with Crippen LogP contribution in [-0.2, 0) is 32.6 Å². The highest BCUT2D eigenvalue weighted by Gasteiger charge is 2.36. The molecule has 2 amide bonds. The van der Waals surface area contributed by atoms with E-state index in [-0.39, 0.29) is 35.7 Å². The molecular formula is C22H29N5O4S. The molecule has 172 valence electrons. The van der Waals surface area contributed by atoms with Gasteiger partial charge in [0.2, 0.25) is 21.8 Å². The zero-order valence-corrected chi connectivity index (χ0v) is 19.5. The Hall–Kier alpha value is -2.72. The number of para-hydroxylation sites is 1. The van der Waals surface area contributed by atoms with Crippen molar-refractivity contribution in [2.75, 3.05) is 31.6 Å². The number of anilines is 1. The van der Waals surface area contributed by atoms with Crippen LogP contribution in [0.4, 0.5) is 5.69 Å². The van der Waals surface area contributed by atoms with Crippen molar-refractivity contribution >= 4 is 27.5 Å². The molecule has 1 fully saturated rings. The van der Waals surface area contributed by atoms with Gasteiger partial charge in [0.15, 0.2) is 0 Å². The van der Waals surface area contributed by atoms with Crippen molar-refractivity contribution in [2.45, 2.75) is 44.6 Å². The zero-order chi connectivity index (χ0) is 23.0. The van der Waals surface area contributed by atoms with Crippen LogP contribution in [0.25, 0.3) is 0 Å². The Morgan fingerprint density at radius 1 is 1.19 bits per heavy atom. The third-order valence-corrected chi connectivity index (χ3v) is 8.51. The highest BCUT2D eigenvalue weighted by molar-refractivity contribution is 7.89. The maximum Gasteiger partial charge on any atom is 0.248 e. The first-order valence-corrected chi connectivity index (χ1v) is 12.3. The lowest BCUT2D eigenvalue weighted by Crippen LogP contribution is -2.45. The molecule has 10 heteroatoms. The molecular weight excluding hydrogens is 430 g/mol. The van der Waals surface area contributed by atoms with E-state index >= 15 is 0 Å². The van der Waals surface area contributed by atoms with Crippen LogP contribution in [0.2, 0.25) is 0 Å². The molecule has 0 radical (unpaired) electrons. The molecule has 0 saturated carbocycles. The fraction of sp³-hybridized carbons (Fsp3) is 0.500. The van der Waals surface area contributed by atoms with Gasteiger partial charge in [0, 0.05) is 32.4 Å². The molecule has 0 aliphatic carbocycles. The third-order valence-electron chi connectivity index (χ3n) is 6.39. The molecule has 1 aromatic carbocycles. The van der Waals surface area contributed by atoms with E-state index < -0.39 is 10.0 Å². The minimum absolute atomic E-state index is 0.0304. The van der Waals surface area contributed by atoms with Crippen molar-refractivity contribution in [3.05, 3.63) is 41.2 Å². The monoisotopic (exact) mass is 459 g/mol.